The molecule has 0 aromatic carbocycles. The molecule has 26 heavy (non-hydrogen) atoms. The molecule has 1 saturated heterocycles. The van der Waals surface area contributed by atoms with E-state index in [1.807, 2.05) is 32.6 Å². The average Bonchev–Trinajstić information content (AvgIpc) is 3.35. The summed E-state index contributed by atoms with van der Waals surface area (Å²) in [7, 11) is 0. The summed E-state index contributed by atoms with van der Waals surface area (Å²) < 4.78 is 5.52. The van der Waals surface area contributed by atoms with Crippen LogP contribution in [0, 0.1) is 5.92 Å². The van der Waals surface area contributed by atoms with Crippen LogP contribution in [-0.2, 0) is 4.74 Å². The van der Waals surface area contributed by atoms with Crippen LogP contribution in [0.1, 0.15) is 60.3 Å². The minimum atomic E-state index is -0.437. The second-order valence-electron chi connectivity index (χ2n) is 8.17. The Kier molecular flexibility index (Phi) is 9.47. The van der Waals surface area contributed by atoms with Crippen molar-refractivity contribution in [1.82, 2.24) is 15.1 Å². The Bertz CT molecular complexity index is 467. The Balaban J connectivity index is 0.00000338. The summed E-state index contributed by atoms with van der Waals surface area (Å²) in [5, 5.41) is 3.56. The summed E-state index contributed by atoms with van der Waals surface area (Å²) >= 11 is 0. The highest BCUT2D eigenvalue weighted by Crippen LogP contribution is 2.22. The maximum Gasteiger partial charge on any atom is 0.410 e. The van der Waals surface area contributed by atoms with Crippen molar-refractivity contribution in [2.24, 2.45) is 10.9 Å². The Morgan fingerprint density at radius 1 is 1.19 bits per heavy atom. The van der Waals surface area contributed by atoms with Gasteiger partial charge in [-0.3, -0.25) is 4.99 Å². The molecule has 1 saturated carbocycles. The van der Waals surface area contributed by atoms with Gasteiger partial charge in [-0.05, 0) is 66.2 Å². The monoisotopic (exact) mass is 480 g/mol. The highest BCUT2D eigenvalue weighted by Gasteiger charge is 2.29. The van der Waals surface area contributed by atoms with E-state index in [4.69, 9.17) is 4.74 Å². The molecular weight excluding hydrogens is 443 g/mol. The fourth-order valence-corrected chi connectivity index (χ4v) is 3.10. The largest absolute Gasteiger partial charge is 0.444 e. The topological polar surface area (TPSA) is 57.2 Å². The van der Waals surface area contributed by atoms with Crippen LogP contribution >= 0.6 is 24.0 Å². The van der Waals surface area contributed by atoms with Gasteiger partial charge in [-0.2, -0.15) is 0 Å². The lowest BCUT2D eigenvalue weighted by Crippen LogP contribution is -2.48. The summed E-state index contributed by atoms with van der Waals surface area (Å²) in [6.07, 6.45) is 4.52. The van der Waals surface area contributed by atoms with Crippen molar-refractivity contribution in [1.29, 1.82) is 0 Å². The Hall–Kier alpha value is -0.730. The van der Waals surface area contributed by atoms with Crippen molar-refractivity contribution in [3.05, 3.63) is 0 Å². The lowest BCUT2D eigenvalue weighted by Gasteiger charge is -2.36. The van der Waals surface area contributed by atoms with Crippen LogP contribution in [0.4, 0.5) is 4.79 Å². The maximum absolute atomic E-state index is 12.3. The van der Waals surface area contributed by atoms with E-state index < -0.39 is 5.60 Å². The molecule has 1 aliphatic heterocycles. The predicted octanol–water partition coefficient (Wildman–Crippen LogP) is 3.70. The Morgan fingerprint density at radius 3 is 2.27 bits per heavy atom. The van der Waals surface area contributed by atoms with Gasteiger partial charge >= 0.3 is 6.09 Å². The molecule has 1 aliphatic carbocycles. The van der Waals surface area contributed by atoms with Crippen LogP contribution in [0.3, 0.4) is 0 Å². The molecule has 0 bridgehead atoms. The SMILES string of the molecule is CCN=C(NC1CC1)N1CCC(CN(CC)C(=O)OC(C)(C)C)CC1.I. The number of likely N-dealkylation sites (tertiary alicyclic amines) is 1. The summed E-state index contributed by atoms with van der Waals surface area (Å²) in [4.78, 5) is 21.2. The van der Waals surface area contributed by atoms with Gasteiger partial charge in [-0.1, -0.05) is 0 Å². The standard InChI is InChI=1S/C19H36N4O2.HI/c1-6-20-17(21-16-8-9-16)23-12-10-15(11-13-23)14-22(7-2)18(24)25-19(3,4)5;/h15-16H,6-14H2,1-5H3,(H,20,21);1H. The van der Waals surface area contributed by atoms with E-state index >= 15 is 0 Å². The lowest BCUT2D eigenvalue weighted by molar-refractivity contribution is 0.0214. The molecule has 2 aliphatic rings. The minimum Gasteiger partial charge on any atom is -0.444 e. The van der Waals surface area contributed by atoms with Crippen LogP contribution in [0.15, 0.2) is 4.99 Å². The van der Waals surface area contributed by atoms with E-state index in [0.29, 0.717) is 18.5 Å². The number of nitrogens with zero attached hydrogens (tertiary/aromatic N) is 3. The first-order chi connectivity index (χ1) is 11.8. The molecule has 2 rings (SSSR count). The third kappa shape index (κ3) is 7.88. The van der Waals surface area contributed by atoms with Crippen LogP contribution in [0.2, 0.25) is 0 Å². The summed E-state index contributed by atoms with van der Waals surface area (Å²) in [6, 6.07) is 0.630. The molecule has 1 amide bonds. The number of rotatable bonds is 5. The van der Waals surface area contributed by atoms with Crippen molar-refractivity contribution in [3.63, 3.8) is 0 Å². The first-order valence-corrected chi connectivity index (χ1v) is 9.86. The predicted molar refractivity (Wildman–Crippen MR) is 117 cm³/mol. The first kappa shape index (κ1) is 23.3. The van der Waals surface area contributed by atoms with Crippen molar-refractivity contribution in [2.75, 3.05) is 32.7 Å². The molecule has 0 radical (unpaired) electrons. The van der Waals surface area contributed by atoms with Crippen LogP contribution in [-0.4, -0.2) is 66.2 Å². The van der Waals surface area contributed by atoms with Gasteiger partial charge in [-0.25, -0.2) is 4.79 Å². The number of guanidine groups is 1. The molecule has 0 spiro atoms. The maximum atomic E-state index is 12.3. The number of ether oxygens (including phenoxy) is 1. The summed E-state index contributed by atoms with van der Waals surface area (Å²) in [6.45, 7) is 14.2. The van der Waals surface area contributed by atoms with Crippen molar-refractivity contribution >= 4 is 36.0 Å². The fraction of sp³-hybridized carbons (Fsp3) is 0.895. The van der Waals surface area contributed by atoms with Gasteiger partial charge in [0.05, 0.1) is 0 Å². The van der Waals surface area contributed by atoms with E-state index in [1.54, 1.807) is 0 Å². The number of carbonyl (C=O) groups is 1. The van der Waals surface area contributed by atoms with Gasteiger partial charge in [0.25, 0.3) is 0 Å². The zero-order valence-corrected chi connectivity index (χ0v) is 19.4. The average molecular weight is 480 g/mol. The number of amides is 1. The molecule has 7 heteroatoms. The van der Waals surface area contributed by atoms with E-state index in [0.717, 1.165) is 45.0 Å². The molecule has 0 aromatic heterocycles. The second-order valence-corrected chi connectivity index (χ2v) is 8.17. The molecule has 0 atom stereocenters. The normalized spacial score (nSPS) is 19.0. The van der Waals surface area contributed by atoms with Gasteiger partial charge in [0.1, 0.15) is 5.60 Å². The number of halogens is 1. The molecule has 152 valence electrons. The van der Waals surface area contributed by atoms with E-state index in [1.165, 1.54) is 12.8 Å². The van der Waals surface area contributed by atoms with E-state index in [9.17, 15) is 4.79 Å². The van der Waals surface area contributed by atoms with E-state index in [2.05, 4.69) is 22.1 Å². The number of hydrogen-bond donors (Lipinski definition) is 1. The molecule has 6 nitrogen and oxygen atoms in total. The van der Waals surface area contributed by atoms with Crippen molar-refractivity contribution in [2.45, 2.75) is 71.9 Å². The highest BCUT2D eigenvalue weighted by atomic mass is 127. The quantitative estimate of drug-likeness (QED) is 0.371. The van der Waals surface area contributed by atoms with Gasteiger partial charge in [0.2, 0.25) is 0 Å². The molecule has 1 heterocycles. The molecule has 0 unspecified atom stereocenters. The molecule has 1 N–H and O–H groups in total. The summed E-state index contributed by atoms with van der Waals surface area (Å²) in [5.41, 5.74) is -0.437. The lowest BCUT2D eigenvalue weighted by atomic mass is 9.96. The number of hydrogen-bond acceptors (Lipinski definition) is 3. The fourth-order valence-electron chi connectivity index (χ4n) is 3.10. The smallest absolute Gasteiger partial charge is 0.410 e. The molecular formula is C19H37IN4O2. The zero-order valence-electron chi connectivity index (χ0n) is 17.1. The van der Waals surface area contributed by atoms with Crippen LogP contribution < -0.4 is 5.32 Å². The third-order valence-corrected chi connectivity index (χ3v) is 4.64. The Morgan fingerprint density at radius 2 is 1.81 bits per heavy atom. The van der Waals surface area contributed by atoms with Gasteiger partial charge in [0, 0.05) is 38.8 Å². The number of aliphatic imine (C=N–C) groups is 1. The number of nitrogens with one attached hydrogen (secondary N) is 1. The van der Waals surface area contributed by atoms with Gasteiger partial charge < -0.3 is 19.9 Å². The second kappa shape index (κ2) is 10.6. The zero-order chi connectivity index (χ0) is 18.4. The van der Waals surface area contributed by atoms with Crippen molar-refractivity contribution in [3.8, 4) is 0 Å². The van der Waals surface area contributed by atoms with Crippen LogP contribution in [0.5, 0.6) is 0 Å². The Labute approximate surface area is 176 Å². The minimum absolute atomic E-state index is 0. The van der Waals surface area contributed by atoms with E-state index in [-0.39, 0.29) is 30.1 Å². The van der Waals surface area contributed by atoms with Crippen LogP contribution in [0.25, 0.3) is 0 Å². The number of piperidine rings is 1. The summed E-state index contributed by atoms with van der Waals surface area (Å²) in [5.74, 6) is 1.61. The first-order valence-electron chi connectivity index (χ1n) is 9.86. The van der Waals surface area contributed by atoms with Gasteiger partial charge in [0.15, 0.2) is 5.96 Å². The molecule has 2 fully saturated rings. The molecule has 0 aromatic rings. The van der Waals surface area contributed by atoms with Gasteiger partial charge in [-0.15, -0.1) is 24.0 Å². The highest BCUT2D eigenvalue weighted by molar-refractivity contribution is 14.0. The number of carbonyl (C=O) groups excluding carboxylic acids is 1. The third-order valence-electron chi connectivity index (χ3n) is 4.64. The van der Waals surface area contributed by atoms with Crippen molar-refractivity contribution < 1.29 is 9.53 Å².